The van der Waals surface area contributed by atoms with Gasteiger partial charge in [0.25, 0.3) is 0 Å². The maximum absolute atomic E-state index is 14.9. The van der Waals surface area contributed by atoms with Crippen LogP contribution in [0.25, 0.3) is 0 Å². The van der Waals surface area contributed by atoms with Crippen LogP contribution < -0.4 is 5.32 Å². The van der Waals surface area contributed by atoms with Crippen LogP contribution in [0.2, 0.25) is 0 Å². The highest BCUT2D eigenvalue weighted by Crippen LogP contribution is 2.43. The van der Waals surface area contributed by atoms with Gasteiger partial charge in [-0.1, -0.05) is 29.8 Å². The van der Waals surface area contributed by atoms with Crippen molar-refractivity contribution in [3.05, 3.63) is 35.4 Å². The molecule has 2 bridgehead atoms. The van der Waals surface area contributed by atoms with E-state index in [-0.39, 0.29) is 0 Å². The second-order valence-corrected chi connectivity index (χ2v) is 5.38. The number of halogens is 1. The number of alkyl halides is 1. The molecule has 2 saturated heterocycles. The molecule has 2 fully saturated rings. The van der Waals surface area contributed by atoms with Crippen LogP contribution in [0, 0.1) is 6.92 Å². The van der Waals surface area contributed by atoms with E-state index in [1.807, 2.05) is 31.2 Å². The largest absolute Gasteiger partial charge is 0.311 e. The molecule has 16 heavy (non-hydrogen) atoms. The fourth-order valence-electron chi connectivity index (χ4n) is 3.18. The number of hydrogen-bond acceptors (Lipinski definition) is 1. The number of nitrogens with one attached hydrogen (secondary N) is 1. The molecule has 2 atom stereocenters. The molecule has 1 nitrogen and oxygen atoms in total. The molecule has 0 spiro atoms. The zero-order chi connectivity index (χ0) is 11.2. The summed E-state index contributed by atoms with van der Waals surface area (Å²) in [6.45, 7) is 2.04. The Kier molecular flexibility index (Phi) is 2.28. The average molecular weight is 219 g/mol. The molecule has 2 aliphatic heterocycles. The molecule has 2 aliphatic rings. The van der Waals surface area contributed by atoms with Gasteiger partial charge in [0.2, 0.25) is 0 Å². The first-order chi connectivity index (χ1) is 7.66. The minimum Gasteiger partial charge on any atom is -0.311 e. The zero-order valence-electron chi connectivity index (χ0n) is 9.67. The lowest BCUT2D eigenvalue weighted by Crippen LogP contribution is -2.44. The van der Waals surface area contributed by atoms with Crippen molar-refractivity contribution in [1.82, 2.24) is 5.32 Å². The molecule has 0 amide bonds. The maximum Gasteiger partial charge on any atom is 0.139 e. The standard InChI is InChI=1S/C14H18FN/c1-10-2-4-11(5-3-10)14(15)8-12-6-7-13(9-14)16-12/h2-5,12-13,16H,6-9H2,1H3. The van der Waals surface area contributed by atoms with Crippen molar-refractivity contribution >= 4 is 0 Å². The zero-order valence-corrected chi connectivity index (χ0v) is 9.67. The number of aryl methyl sites for hydroxylation is 1. The van der Waals surface area contributed by atoms with E-state index < -0.39 is 5.67 Å². The fraction of sp³-hybridized carbons (Fsp3) is 0.571. The molecule has 3 rings (SSSR count). The number of piperidine rings is 1. The summed E-state index contributed by atoms with van der Waals surface area (Å²) in [6.07, 6.45) is 3.57. The summed E-state index contributed by atoms with van der Waals surface area (Å²) in [6, 6.07) is 8.73. The van der Waals surface area contributed by atoms with E-state index >= 15 is 0 Å². The Labute approximate surface area is 96.1 Å². The molecular formula is C14H18FN. The van der Waals surface area contributed by atoms with E-state index in [0.29, 0.717) is 24.9 Å². The van der Waals surface area contributed by atoms with Crippen molar-refractivity contribution in [3.63, 3.8) is 0 Å². The van der Waals surface area contributed by atoms with Crippen LogP contribution in [-0.4, -0.2) is 12.1 Å². The molecule has 2 unspecified atom stereocenters. The third-order valence-corrected chi connectivity index (χ3v) is 4.04. The van der Waals surface area contributed by atoms with Crippen LogP contribution >= 0.6 is 0 Å². The maximum atomic E-state index is 14.9. The summed E-state index contributed by atoms with van der Waals surface area (Å²) in [7, 11) is 0. The molecule has 1 aromatic rings. The van der Waals surface area contributed by atoms with Crippen LogP contribution in [0.3, 0.4) is 0 Å². The van der Waals surface area contributed by atoms with Gasteiger partial charge in [-0.2, -0.15) is 0 Å². The molecule has 0 aliphatic carbocycles. The lowest BCUT2D eigenvalue weighted by atomic mass is 9.83. The highest BCUT2D eigenvalue weighted by molar-refractivity contribution is 5.28. The Hall–Kier alpha value is -0.890. The van der Waals surface area contributed by atoms with Gasteiger partial charge in [0.05, 0.1) is 0 Å². The van der Waals surface area contributed by atoms with Gasteiger partial charge in [0.15, 0.2) is 0 Å². The molecule has 0 radical (unpaired) electrons. The lowest BCUT2D eigenvalue weighted by molar-refractivity contribution is 0.0874. The van der Waals surface area contributed by atoms with E-state index in [2.05, 4.69) is 5.32 Å². The quantitative estimate of drug-likeness (QED) is 0.765. The first kappa shape index (κ1) is 10.3. The molecule has 0 aromatic heterocycles. The molecule has 1 aromatic carbocycles. The van der Waals surface area contributed by atoms with Crippen molar-refractivity contribution in [2.24, 2.45) is 0 Å². The van der Waals surface area contributed by atoms with Crippen molar-refractivity contribution in [2.75, 3.05) is 0 Å². The number of fused-ring (bicyclic) bond motifs is 2. The van der Waals surface area contributed by atoms with Crippen molar-refractivity contribution in [1.29, 1.82) is 0 Å². The number of benzene rings is 1. The summed E-state index contributed by atoms with van der Waals surface area (Å²) >= 11 is 0. The third-order valence-electron chi connectivity index (χ3n) is 4.04. The monoisotopic (exact) mass is 219 g/mol. The van der Waals surface area contributed by atoms with Gasteiger partial charge in [-0.15, -0.1) is 0 Å². The van der Waals surface area contributed by atoms with Crippen LogP contribution in [-0.2, 0) is 5.67 Å². The summed E-state index contributed by atoms with van der Waals surface area (Å²) in [4.78, 5) is 0. The Bertz CT molecular complexity index is 372. The van der Waals surface area contributed by atoms with Gasteiger partial charge in [-0.3, -0.25) is 0 Å². The molecule has 1 N–H and O–H groups in total. The summed E-state index contributed by atoms with van der Waals surface area (Å²) in [5, 5.41) is 3.49. The van der Waals surface area contributed by atoms with Gasteiger partial charge in [0.1, 0.15) is 5.67 Å². The average Bonchev–Trinajstić information content (AvgIpc) is 2.59. The second kappa shape index (κ2) is 3.56. The molecule has 2 heteroatoms. The third kappa shape index (κ3) is 1.65. The van der Waals surface area contributed by atoms with E-state index in [1.165, 1.54) is 5.56 Å². The van der Waals surface area contributed by atoms with E-state index in [9.17, 15) is 4.39 Å². The van der Waals surface area contributed by atoms with Gasteiger partial charge < -0.3 is 5.32 Å². The fourth-order valence-corrected chi connectivity index (χ4v) is 3.18. The van der Waals surface area contributed by atoms with E-state index in [0.717, 1.165) is 18.4 Å². The van der Waals surface area contributed by atoms with E-state index in [4.69, 9.17) is 0 Å². The Balaban J connectivity index is 1.90. The van der Waals surface area contributed by atoms with Crippen molar-refractivity contribution < 1.29 is 4.39 Å². The number of hydrogen-bond donors (Lipinski definition) is 1. The molecule has 2 heterocycles. The minimum absolute atomic E-state index is 0.394. The highest BCUT2D eigenvalue weighted by atomic mass is 19.1. The van der Waals surface area contributed by atoms with Crippen LogP contribution in [0.15, 0.2) is 24.3 Å². The van der Waals surface area contributed by atoms with Crippen molar-refractivity contribution in [3.8, 4) is 0 Å². The van der Waals surface area contributed by atoms with Gasteiger partial charge >= 0.3 is 0 Å². The molecule has 0 saturated carbocycles. The SMILES string of the molecule is Cc1ccc(C2(F)CC3CCC(C2)N3)cc1. The number of rotatable bonds is 1. The summed E-state index contributed by atoms with van der Waals surface area (Å²) < 4.78 is 14.9. The van der Waals surface area contributed by atoms with Gasteiger partial charge in [-0.05, 0) is 25.3 Å². The predicted molar refractivity (Wildman–Crippen MR) is 63.1 cm³/mol. The van der Waals surface area contributed by atoms with Gasteiger partial charge in [-0.25, -0.2) is 4.39 Å². The van der Waals surface area contributed by atoms with Crippen LogP contribution in [0.1, 0.15) is 36.8 Å². The topological polar surface area (TPSA) is 12.0 Å². The molecular weight excluding hydrogens is 201 g/mol. The second-order valence-electron chi connectivity index (χ2n) is 5.38. The van der Waals surface area contributed by atoms with Crippen molar-refractivity contribution in [2.45, 2.75) is 50.4 Å². The Morgan fingerprint density at radius 1 is 1.12 bits per heavy atom. The van der Waals surface area contributed by atoms with Crippen LogP contribution in [0.5, 0.6) is 0 Å². The first-order valence-corrected chi connectivity index (χ1v) is 6.18. The van der Waals surface area contributed by atoms with E-state index in [1.54, 1.807) is 0 Å². The molecule has 86 valence electrons. The first-order valence-electron chi connectivity index (χ1n) is 6.18. The summed E-state index contributed by atoms with van der Waals surface area (Å²) in [5.41, 5.74) is 0.978. The predicted octanol–water partition coefficient (Wildman–Crippen LogP) is 3.07. The van der Waals surface area contributed by atoms with Crippen LogP contribution in [0.4, 0.5) is 4.39 Å². The van der Waals surface area contributed by atoms with Gasteiger partial charge in [0, 0.05) is 24.9 Å². The smallest absolute Gasteiger partial charge is 0.139 e. The normalized spacial score (nSPS) is 37.6. The minimum atomic E-state index is -1.09. The Morgan fingerprint density at radius 3 is 2.25 bits per heavy atom. The Morgan fingerprint density at radius 2 is 1.69 bits per heavy atom. The highest BCUT2D eigenvalue weighted by Gasteiger charge is 2.44. The lowest BCUT2D eigenvalue weighted by Gasteiger charge is -2.35. The summed E-state index contributed by atoms with van der Waals surface area (Å²) in [5.74, 6) is 0.